The second-order valence-corrected chi connectivity index (χ2v) is 7.51. The molecule has 0 radical (unpaired) electrons. The second-order valence-electron chi connectivity index (χ2n) is 2.72. The summed E-state index contributed by atoms with van der Waals surface area (Å²) >= 11 is 11.5. The minimum atomic E-state index is -0.0345. The summed E-state index contributed by atoms with van der Waals surface area (Å²) < 4.78 is 1.86. The summed E-state index contributed by atoms with van der Waals surface area (Å²) in [6.45, 7) is 2.62. The van der Waals surface area contributed by atoms with E-state index in [1.165, 1.54) is 11.3 Å². The van der Waals surface area contributed by atoms with Gasteiger partial charge in [-0.15, -0.1) is 11.3 Å². The van der Waals surface area contributed by atoms with Crippen molar-refractivity contribution >= 4 is 65.0 Å². The van der Waals surface area contributed by atoms with Crippen molar-refractivity contribution in [2.24, 2.45) is 0 Å². The molecule has 2 nitrogen and oxygen atoms in total. The lowest BCUT2D eigenvalue weighted by atomic mass is 10.4. The molecule has 0 aliphatic carbocycles. The van der Waals surface area contributed by atoms with E-state index in [1.807, 2.05) is 13.0 Å². The zero-order valence-corrected chi connectivity index (χ0v) is 12.9. The highest BCUT2D eigenvalue weighted by Gasteiger charge is 2.11. The summed E-state index contributed by atoms with van der Waals surface area (Å²) in [6.07, 6.45) is 0. The third-order valence-corrected chi connectivity index (χ3v) is 4.99. The number of hydrogen-bond acceptors (Lipinski definition) is 2. The molecule has 1 amide bonds. The zero-order chi connectivity index (χ0) is 10.7. The molecular formula is C8H8Br3NOS. The van der Waals surface area contributed by atoms with Crippen molar-refractivity contribution in [1.29, 1.82) is 0 Å². The molecule has 0 spiro atoms. The fourth-order valence-electron chi connectivity index (χ4n) is 0.779. The van der Waals surface area contributed by atoms with Crippen LogP contribution in [0.25, 0.3) is 0 Å². The van der Waals surface area contributed by atoms with E-state index in [1.54, 1.807) is 0 Å². The highest BCUT2D eigenvalue weighted by atomic mass is 79.9. The van der Waals surface area contributed by atoms with Crippen molar-refractivity contribution < 1.29 is 4.79 Å². The topological polar surface area (TPSA) is 29.1 Å². The first-order valence-electron chi connectivity index (χ1n) is 3.88. The summed E-state index contributed by atoms with van der Waals surface area (Å²) in [5, 5.41) is 2.82. The molecule has 14 heavy (non-hydrogen) atoms. The van der Waals surface area contributed by atoms with E-state index < -0.39 is 0 Å². The molecule has 1 unspecified atom stereocenters. The third-order valence-electron chi connectivity index (χ3n) is 1.41. The highest BCUT2D eigenvalue weighted by Crippen LogP contribution is 2.32. The molecule has 6 heteroatoms. The summed E-state index contributed by atoms with van der Waals surface area (Å²) in [6, 6.07) is 1.81. The van der Waals surface area contributed by atoms with Crippen LogP contribution in [-0.4, -0.2) is 17.3 Å². The standard InChI is InChI=1S/C8H8Br3NOS/c1-4(9)3-12-8(13)6-2-5(10)7(11)14-6/h2,4H,3H2,1H3,(H,12,13). The molecule has 0 saturated heterocycles. The predicted octanol–water partition coefficient (Wildman–Crippen LogP) is 3.79. The average Bonchev–Trinajstić information content (AvgIpc) is 2.43. The molecule has 0 aliphatic heterocycles. The number of carbonyl (C=O) groups excluding carboxylic acids is 1. The van der Waals surface area contributed by atoms with E-state index >= 15 is 0 Å². The van der Waals surface area contributed by atoms with Crippen LogP contribution >= 0.6 is 59.1 Å². The molecule has 1 aromatic heterocycles. The number of carbonyl (C=O) groups is 1. The Balaban J connectivity index is 2.61. The van der Waals surface area contributed by atoms with Crippen LogP contribution < -0.4 is 5.32 Å². The van der Waals surface area contributed by atoms with E-state index in [4.69, 9.17) is 0 Å². The summed E-state index contributed by atoms with van der Waals surface area (Å²) in [7, 11) is 0. The van der Waals surface area contributed by atoms with Gasteiger partial charge in [0.2, 0.25) is 0 Å². The van der Waals surface area contributed by atoms with Crippen LogP contribution in [0, 0.1) is 0 Å². The Labute approximate surface area is 112 Å². The number of thiophene rings is 1. The fourth-order valence-corrected chi connectivity index (χ4v) is 2.89. The maximum atomic E-state index is 11.6. The minimum absolute atomic E-state index is 0.0345. The Bertz CT molecular complexity index is 318. The van der Waals surface area contributed by atoms with Crippen molar-refractivity contribution in [2.75, 3.05) is 6.54 Å². The van der Waals surface area contributed by atoms with E-state index in [0.717, 1.165) is 8.26 Å². The molecule has 1 N–H and O–H groups in total. The zero-order valence-electron chi connectivity index (χ0n) is 7.31. The molecular weight excluding hydrogens is 398 g/mol. The Morgan fingerprint density at radius 2 is 2.29 bits per heavy atom. The fraction of sp³-hybridized carbons (Fsp3) is 0.375. The lowest BCUT2D eigenvalue weighted by molar-refractivity contribution is 0.0958. The van der Waals surface area contributed by atoms with Gasteiger partial charge < -0.3 is 5.32 Å². The first kappa shape index (κ1) is 12.7. The predicted molar refractivity (Wildman–Crippen MR) is 70.4 cm³/mol. The van der Waals surface area contributed by atoms with Gasteiger partial charge in [-0.2, -0.15) is 0 Å². The molecule has 1 rings (SSSR count). The largest absolute Gasteiger partial charge is 0.350 e. The van der Waals surface area contributed by atoms with Gasteiger partial charge in [-0.25, -0.2) is 0 Å². The highest BCUT2D eigenvalue weighted by molar-refractivity contribution is 9.13. The number of amides is 1. The maximum Gasteiger partial charge on any atom is 0.261 e. The Morgan fingerprint density at radius 1 is 1.64 bits per heavy atom. The summed E-state index contributed by atoms with van der Waals surface area (Å²) in [5.41, 5.74) is 0. The molecule has 1 aromatic rings. The van der Waals surface area contributed by atoms with Crippen molar-refractivity contribution in [3.8, 4) is 0 Å². The van der Waals surface area contributed by atoms with Gasteiger partial charge in [0, 0.05) is 15.8 Å². The monoisotopic (exact) mass is 403 g/mol. The van der Waals surface area contributed by atoms with Crippen LogP contribution in [-0.2, 0) is 0 Å². The van der Waals surface area contributed by atoms with Crippen LogP contribution in [0.15, 0.2) is 14.3 Å². The molecule has 1 atom stereocenters. The van der Waals surface area contributed by atoms with Crippen LogP contribution in [0.5, 0.6) is 0 Å². The number of nitrogens with one attached hydrogen (secondary N) is 1. The van der Waals surface area contributed by atoms with Gasteiger partial charge in [0.15, 0.2) is 0 Å². The van der Waals surface area contributed by atoms with Gasteiger partial charge in [-0.05, 0) is 37.9 Å². The van der Waals surface area contributed by atoms with Gasteiger partial charge >= 0.3 is 0 Å². The van der Waals surface area contributed by atoms with E-state index in [2.05, 4.69) is 53.1 Å². The smallest absolute Gasteiger partial charge is 0.261 e. The molecule has 0 fully saturated rings. The summed E-state index contributed by atoms with van der Waals surface area (Å²) in [5.74, 6) is -0.0345. The summed E-state index contributed by atoms with van der Waals surface area (Å²) in [4.78, 5) is 12.5. The van der Waals surface area contributed by atoms with Gasteiger partial charge in [-0.1, -0.05) is 22.9 Å². The van der Waals surface area contributed by atoms with E-state index in [9.17, 15) is 4.79 Å². The van der Waals surface area contributed by atoms with Crippen molar-refractivity contribution in [3.63, 3.8) is 0 Å². The first-order chi connectivity index (χ1) is 6.50. The van der Waals surface area contributed by atoms with Crippen LogP contribution in [0.4, 0.5) is 0 Å². The Hall–Kier alpha value is 0.610. The van der Waals surface area contributed by atoms with Crippen molar-refractivity contribution in [1.82, 2.24) is 5.32 Å². The van der Waals surface area contributed by atoms with Gasteiger partial charge in [0.05, 0.1) is 8.66 Å². The molecule has 0 saturated carbocycles. The van der Waals surface area contributed by atoms with Crippen molar-refractivity contribution in [3.05, 3.63) is 19.2 Å². The van der Waals surface area contributed by atoms with Gasteiger partial charge in [-0.3, -0.25) is 4.79 Å². The van der Waals surface area contributed by atoms with Gasteiger partial charge in [0.1, 0.15) is 0 Å². The SMILES string of the molecule is CC(Br)CNC(=O)c1cc(Br)c(Br)s1. The average molecular weight is 406 g/mol. The second kappa shape index (κ2) is 5.63. The van der Waals surface area contributed by atoms with Crippen LogP contribution in [0.2, 0.25) is 0 Å². The molecule has 1 heterocycles. The van der Waals surface area contributed by atoms with Crippen LogP contribution in [0.1, 0.15) is 16.6 Å². The molecule has 0 aliphatic rings. The normalized spacial score (nSPS) is 12.6. The maximum absolute atomic E-state index is 11.6. The third kappa shape index (κ3) is 3.64. The van der Waals surface area contributed by atoms with E-state index in [-0.39, 0.29) is 5.91 Å². The van der Waals surface area contributed by atoms with Crippen molar-refractivity contribution in [2.45, 2.75) is 11.8 Å². The number of alkyl halides is 1. The lowest BCUT2D eigenvalue weighted by Crippen LogP contribution is -2.27. The molecule has 0 aromatic carbocycles. The molecule has 78 valence electrons. The van der Waals surface area contributed by atoms with Gasteiger partial charge in [0.25, 0.3) is 5.91 Å². The Kier molecular flexibility index (Phi) is 5.10. The minimum Gasteiger partial charge on any atom is -0.350 e. The number of hydrogen-bond donors (Lipinski definition) is 1. The quantitative estimate of drug-likeness (QED) is 0.762. The molecule has 0 bridgehead atoms. The Morgan fingerprint density at radius 3 is 2.71 bits per heavy atom. The first-order valence-corrected chi connectivity index (χ1v) is 7.19. The number of rotatable bonds is 3. The van der Waals surface area contributed by atoms with Crippen LogP contribution in [0.3, 0.4) is 0 Å². The lowest BCUT2D eigenvalue weighted by Gasteiger charge is -2.04. The van der Waals surface area contributed by atoms with E-state index in [0.29, 0.717) is 16.2 Å². The number of halogens is 3.